The number of aromatic nitrogens is 1. The Hall–Kier alpha value is -2.44. The molecule has 110 valence electrons. The molecule has 7 heteroatoms. The molecule has 0 unspecified atom stereocenters. The van der Waals surface area contributed by atoms with Gasteiger partial charge < -0.3 is 4.74 Å². The van der Waals surface area contributed by atoms with Crippen molar-refractivity contribution >= 4 is 6.29 Å². The van der Waals surface area contributed by atoms with Crippen molar-refractivity contribution in [1.29, 1.82) is 0 Å². The van der Waals surface area contributed by atoms with E-state index >= 15 is 0 Å². The first-order chi connectivity index (χ1) is 9.88. The van der Waals surface area contributed by atoms with Gasteiger partial charge in [0.2, 0.25) is 5.88 Å². The summed E-state index contributed by atoms with van der Waals surface area (Å²) in [4.78, 5) is 14.9. The lowest BCUT2D eigenvalue weighted by molar-refractivity contribution is -0.137. The van der Waals surface area contributed by atoms with Crippen LogP contribution in [0.1, 0.15) is 15.9 Å². The lowest BCUT2D eigenvalue weighted by Gasteiger charge is -2.11. The molecule has 1 heterocycles. The first kappa shape index (κ1) is 15.0. The van der Waals surface area contributed by atoms with E-state index in [0.29, 0.717) is 12.4 Å². The fraction of sp³-hybridized carbons (Fsp3) is 0.143. The van der Waals surface area contributed by atoms with Crippen molar-refractivity contribution < 1.29 is 27.1 Å². The first-order valence-corrected chi connectivity index (χ1v) is 5.73. The minimum absolute atomic E-state index is 0.0261. The van der Waals surface area contributed by atoms with E-state index in [1.54, 1.807) is 0 Å². The number of carbonyl (C=O) groups is 1. The fourth-order valence-electron chi connectivity index (χ4n) is 1.88. The Morgan fingerprint density at radius 1 is 1.19 bits per heavy atom. The molecule has 0 spiro atoms. The quantitative estimate of drug-likeness (QED) is 0.640. The highest BCUT2D eigenvalue weighted by molar-refractivity contribution is 5.90. The summed E-state index contributed by atoms with van der Waals surface area (Å²) < 4.78 is 56.4. The summed E-state index contributed by atoms with van der Waals surface area (Å²) in [5.74, 6) is -1.11. The predicted molar refractivity (Wildman–Crippen MR) is 66.6 cm³/mol. The maximum absolute atomic E-state index is 13.9. The standard InChI is InChI=1S/C14H9F4NO2/c1-21-13-11(7-20)9(4-5-19-13)10-3-2-8(6-12(10)15)14(16,17)18/h2-7H,1H3. The van der Waals surface area contributed by atoms with Crippen LogP contribution in [0.2, 0.25) is 0 Å². The highest BCUT2D eigenvalue weighted by Crippen LogP contribution is 2.34. The molecule has 0 atom stereocenters. The largest absolute Gasteiger partial charge is 0.480 e. The fourth-order valence-corrected chi connectivity index (χ4v) is 1.88. The average Bonchev–Trinajstić information content (AvgIpc) is 2.45. The molecule has 0 radical (unpaired) electrons. The summed E-state index contributed by atoms with van der Waals surface area (Å²) in [6.45, 7) is 0. The van der Waals surface area contributed by atoms with Gasteiger partial charge in [0.15, 0.2) is 6.29 Å². The van der Waals surface area contributed by atoms with Gasteiger partial charge in [-0.3, -0.25) is 4.79 Å². The minimum atomic E-state index is -4.64. The molecule has 0 aliphatic rings. The number of ether oxygens (including phenoxy) is 1. The van der Waals surface area contributed by atoms with Crippen LogP contribution >= 0.6 is 0 Å². The van der Waals surface area contributed by atoms with Gasteiger partial charge in [0.05, 0.1) is 18.2 Å². The van der Waals surface area contributed by atoms with E-state index in [0.717, 1.165) is 12.1 Å². The van der Waals surface area contributed by atoms with Crippen molar-refractivity contribution in [1.82, 2.24) is 4.98 Å². The second-order valence-corrected chi connectivity index (χ2v) is 4.09. The zero-order valence-corrected chi connectivity index (χ0v) is 10.7. The van der Waals surface area contributed by atoms with Crippen molar-refractivity contribution in [2.45, 2.75) is 6.18 Å². The van der Waals surface area contributed by atoms with Crippen LogP contribution in [0.15, 0.2) is 30.5 Å². The number of hydrogen-bond acceptors (Lipinski definition) is 3. The van der Waals surface area contributed by atoms with E-state index in [-0.39, 0.29) is 22.6 Å². The van der Waals surface area contributed by atoms with E-state index in [2.05, 4.69) is 4.98 Å². The molecule has 2 rings (SSSR count). The Morgan fingerprint density at radius 2 is 1.90 bits per heavy atom. The third-order valence-electron chi connectivity index (χ3n) is 2.85. The molecule has 0 aliphatic heterocycles. The number of hydrogen-bond donors (Lipinski definition) is 0. The molecule has 1 aromatic carbocycles. The van der Waals surface area contributed by atoms with Gasteiger partial charge in [0.25, 0.3) is 0 Å². The van der Waals surface area contributed by atoms with Crippen LogP contribution in [-0.4, -0.2) is 18.4 Å². The number of aldehydes is 1. The highest BCUT2D eigenvalue weighted by Gasteiger charge is 2.31. The van der Waals surface area contributed by atoms with Crippen LogP contribution in [0.4, 0.5) is 17.6 Å². The molecule has 3 nitrogen and oxygen atoms in total. The molecule has 2 aromatic rings. The molecule has 0 aliphatic carbocycles. The van der Waals surface area contributed by atoms with E-state index in [1.807, 2.05) is 0 Å². The lowest BCUT2D eigenvalue weighted by Crippen LogP contribution is -2.06. The molecule has 0 N–H and O–H groups in total. The van der Waals surface area contributed by atoms with Crippen molar-refractivity contribution in [2.24, 2.45) is 0 Å². The number of alkyl halides is 3. The van der Waals surface area contributed by atoms with Crippen molar-refractivity contribution in [3.63, 3.8) is 0 Å². The molecular weight excluding hydrogens is 290 g/mol. The predicted octanol–water partition coefficient (Wildman–Crippen LogP) is 3.73. The van der Waals surface area contributed by atoms with Crippen LogP contribution in [0.5, 0.6) is 5.88 Å². The number of methoxy groups -OCH3 is 1. The van der Waals surface area contributed by atoms with Gasteiger partial charge in [-0.05, 0) is 18.2 Å². The molecule has 0 saturated carbocycles. The maximum Gasteiger partial charge on any atom is 0.416 e. The van der Waals surface area contributed by atoms with Crippen molar-refractivity contribution in [3.05, 3.63) is 47.4 Å². The van der Waals surface area contributed by atoms with Gasteiger partial charge in [-0.1, -0.05) is 6.07 Å². The first-order valence-electron chi connectivity index (χ1n) is 5.73. The second kappa shape index (κ2) is 5.51. The number of halogens is 4. The summed E-state index contributed by atoms with van der Waals surface area (Å²) in [7, 11) is 1.28. The van der Waals surface area contributed by atoms with Gasteiger partial charge in [-0.15, -0.1) is 0 Å². The normalized spacial score (nSPS) is 11.3. The van der Waals surface area contributed by atoms with Gasteiger partial charge in [0, 0.05) is 17.3 Å². The molecule has 0 saturated heterocycles. The summed E-state index contributed by atoms with van der Waals surface area (Å²) in [6, 6.07) is 3.44. The van der Waals surface area contributed by atoms with Gasteiger partial charge in [-0.2, -0.15) is 13.2 Å². The van der Waals surface area contributed by atoms with E-state index in [1.165, 1.54) is 19.4 Å². The van der Waals surface area contributed by atoms with Crippen LogP contribution in [0.25, 0.3) is 11.1 Å². The van der Waals surface area contributed by atoms with Crippen molar-refractivity contribution in [2.75, 3.05) is 7.11 Å². The molecular formula is C14H9F4NO2. The smallest absolute Gasteiger partial charge is 0.416 e. The maximum atomic E-state index is 13.9. The van der Waals surface area contributed by atoms with E-state index < -0.39 is 17.6 Å². The summed E-state index contributed by atoms with van der Waals surface area (Å²) in [5.41, 5.74) is -1.15. The molecule has 21 heavy (non-hydrogen) atoms. The second-order valence-electron chi connectivity index (χ2n) is 4.09. The van der Waals surface area contributed by atoms with Crippen LogP contribution < -0.4 is 4.74 Å². The Bertz CT molecular complexity index is 683. The number of nitrogens with zero attached hydrogens (tertiary/aromatic N) is 1. The van der Waals surface area contributed by atoms with Gasteiger partial charge in [0.1, 0.15) is 5.82 Å². The zero-order chi connectivity index (χ0) is 15.6. The SMILES string of the molecule is COc1nccc(-c2ccc(C(F)(F)F)cc2F)c1C=O. The van der Waals surface area contributed by atoms with Crippen molar-refractivity contribution in [3.8, 4) is 17.0 Å². The van der Waals surface area contributed by atoms with E-state index in [9.17, 15) is 22.4 Å². The monoisotopic (exact) mass is 299 g/mol. The van der Waals surface area contributed by atoms with Gasteiger partial charge in [-0.25, -0.2) is 9.37 Å². The van der Waals surface area contributed by atoms with Gasteiger partial charge >= 0.3 is 6.18 Å². The third-order valence-corrected chi connectivity index (χ3v) is 2.85. The zero-order valence-electron chi connectivity index (χ0n) is 10.7. The topological polar surface area (TPSA) is 39.2 Å². The Morgan fingerprint density at radius 3 is 2.43 bits per heavy atom. The van der Waals surface area contributed by atoms with E-state index in [4.69, 9.17) is 4.74 Å². The number of carbonyl (C=O) groups excluding carboxylic acids is 1. The van der Waals surface area contributed by atoms with Crippen LogP contribution in [-0.2, 0) is 6.18 Å². The Balaban J connectivity index is 2.61. The molecule has 0 amide bonds. The minimum Gasteiger partial charge on any atom is -0.480 e. The Kier molecular flexibility index (Phi) is 3.93. The summed E-state index contributed by atoms with van der Waals surface area (Å²) in [6.07, 6.45) is -2.95. The average molecular weight is 299 g/mol. The Labute approximate surface area is 117 Å². The molecule has 0 bridgehead atoms. The highest BCUT2D eigenvalue weighted by atomic mass is 19.4. The number of benzene rings is 1. The van der Waals surface area contributed by atoms with Crippen LogP contribution in [0, 0.1) is 5.82 Å². The number of pyridine rings is 1. The van der Waals surface area contributed by atoms with Crippen LogP contribution in [0.3, 0.4) is 0 Å². The lowest BCUT2D eigenvalue weighted by atomic mass is 10.00. The summed E-state index contributed by atoms with van der Waals surface area (Å²) in [5, 5.41) is 0. The third kappa shape index (κ3) is 2.86. The molecule has 0 fully saturated rings. The summed E-state index contributed by atoms with van der Waals surface area (Å²) >= 11 is 0. The molecule has 1 aromatic heterocycles. The number of rotatable bonds is 3.